The maximum absolute atomic E-state index is 11.1. The van der Waals surface area contributed by atoms with Gasteiger partial charge in [-0.15, -0.1) is 0 Å². The fourth-order valence-corrected chi connectivity index (χ4v) is 2.49. The molecule has 0 bridgehead atoms. The molecule has 1 amide bonds. The Labute approximate surface area is 84.7 Å². The quantitative estimate of drug-likeness (QED) is 0.632. The molecule has 0 N–H and O–H groups in total. The number of nitriles is 1. The number of amides is 1. The standard InChI is InChI=1S/C11H16N2O/c1-9(14)13-6-2-10(3-7-13)11(8-12)4-5-11/h10H,2-7H2,1H3. The van der Waals surface area contributed by atoms with Crippen molar-refractivity contribution in [2.45, 2.75) is 32.6 Å². The van der Waals surface area contributed by atoms with Gasteiger partial charge in [-0.05, 0) is 31.6 Å². The highest BCUT2D eigenvalue weighted by Gasteiger charge is 2.50. The summed E-state index contributed by atoms with van der Waals surface area (Å²) in [5.74, 6) is 0.716. The summed E-state index contributed by atoms with van der Waals surface area (Å²) >= 11 is 0. The Morgan fingerprint density at radius 3 is 2.36 bits per heavy atom. The number of carbonyl (C=O) groups excluding carboxylic acids is 1. The second kappa shape index (κ2) is 3.27. The highest BCUT2D eigenvalue weighted by molar-refractivity contribution is 5.73. The number of hydrogen-bond donors (Lipinski definition) is 0. The smallest absolute Gasteiger partial charge is 0.219 e. The van der Waals surface area contributed by atoms with Gasteiger partial charge in [0.25, 0.3) is 0 Å². The number of piperidine rings is 1. The lowest BCUT2D eigenvalue weighted by Crippen LogP contribution is -2.39. The van der Waals surface area contributed by atoms with Gasteiger partial charge in [-0.25, -0.2) is 0 Å². The van der Waals surface area contributed by atoms with Crippen molar-refractivity contribution < 1.29 is 4.79 Å². The molecule has 0 radical (unpaired) electrons. The summed E-state index contributed by atoms with van der Waals surface area (Å²) in [6.45, 7) is 3.32. The van der Waals surface area contributed by atoms with Crippen LogP contribution < -0.4 is 0 Å². The Morgan fingerprint density at radius 2 is 2.00 bits per heavy atom. The fourth-order valence-electron chi connectivity index (χ4n) is 2.49. The molecule has 3 nitrogen and oxygen atoms in total. The van der Waals surface area contributed by atoms with E-state index >= 15 is 0 Å². The number of likely N-dealkylation sites (tertiary alicyclic amines) is 1. The van der Waals surface area contributed by atoms with E-state index < -0.39 is 0 Å². The predicted octanol–water partition coefficient (Wildman–Crippen LogP) is 1.55. The van der Waals surface area contributed by atoms with Crippen molar-refractivity contribution in [1.82, 2.24) is 4.90 Å². The van der Waals surface area contributed by atoms with Crippen LogP contribution in [0.15, 0.2) is 0 Å². The average molecular weight is 192 g/mol. The van der Waals surface area contributed by atoms with Gasteiger partial charge in [0, 0.05) is 20.0 Å². The molecular weight excluding hydrogens is 176 g/mol. The Morgan fingerprint density at radius 1 is 1.43 bits per heavy atom. The van der Waals surface area contributed by atoms with Crippen molar-refractivity contribution in [3.05, 3.63) is 0 Å². The number of hydrogen-bond acceptors (Lipinski definition) is 2. The third kappa shape index (κ3) is 1.50. The summed E-state index contributed by atoms with van der Waals surface area (Å²) in [5.41, 5.74) is 0.00286. The summed E-state index contributed by atoms with van der Waals surface area (Å²) in [6, 6.07) is 2.46. The summed E-state index contributed by atoms with van der Waals surface area (Å²) in [6.07, 6.45) is 4.20. The van der Waals surface area contributed by atoms with Crippen molar-refractivity contribution in [1.29, 1.82) is 5.26 Å². The number of nitrogens with zero attached hydrogens (tertiary/aromatic N) is 2. The van der Waals surface area contributed by atoms with Gasteiger partial charge in [-0.3, -0.25) is 4.79 Å². The summed E-state index contributed by atoms with van der Waals surface area (Å²) in [7, 11) is 0. The van der Waals surface area contributed by atoms with Crippen LogP contribution in [0.25, 0.3) is 0 Å². The molecule has 2 aliphatic rings. The zero-order valence-corrected chi connectivity index (χ0v) is 8.62. The first-order chi connectivity index (χ1) is 6.68. The van der Waals surface area contributed by atoms with Crippen LogP contribution in [0.1, 0.15) is 32.6 Å². The molecule has 0 atom stereocenters. The zero-order chi connectivity index (χ0) is 10.2. The first-order valence-corrected chi connectivity index (χ1v) is 5.35. The largest absolute Gasteiger partial charge is 0.343 e. The van der Waals surface area contributed by atoms with Crippen molar-refractivity contribution in [2.24, 2.45) is 11.3 Å². The highest BCUT2D eigenvalue weighted by Crippen LogP contribution is 2.54. The van der Waals surface area contributed by atoms with E-state index in [9.17, 15) is 4.79 Å². The van der Waals surface area contributed by atoms with Gasteiger partial charge in [-0.1, -0.05) is 0 Å². The molecule has 1 saturated carbocycles. The van der Waals surface area contributed by atoms with Gasteiger partial charge in [0.15, 0.2) is 0 Å². The van der Waals surface area contributed by atoms with Crippen LogP contribution in [0.4, 0.5) is 0 Å². The molecule has 14 heavy (non-hydrogen) atoms. The van der Waals surface area contributed by atoms with Gasteiger partial charge < -0.3 is 4.90 Å². The Balaban J connectivity index is 1.91. The highest BCUT2D eigenvalue weighted by atomic mass is 16.2. The molecule has 2 rings (SSSR count). The average Bonchev–Trinajstić information content (AvgIpc) is 2.99. The maximum Gasteiger partial charge on any atom is 0.219 e. The predicted molar refractivity (Wildman–Crippen MR) is 52.3 cm³/mol. The van der Waals surface area contributed by atoms with Gasteiger partial charge in [0.05, 0.1) is 11.5 Å². The molecule has 0 unspecified atom stereocenters. The second-order valence-corrected chi connectivity index (χ2v) is 4.55. The first kappa shape index (κ1) is 9.51. The van der Waals surface area contributed by atoms with Gasteiger partial charge in [0.1, 0.15) is 0 Å². The molecule has 1 heterocycles. The molecule has 1 aliphatic carbocycles. The first-order valence-electron chi connectivity index (χ1n) is 5.35. The minimum Gasteiger partial charge on any atom is -0.343 e. The second-order valence-electron chi connectivity index (χ2n) is 4.55. The van der Waals surface area contributed by atoms with Crippen molar-refractivity contribution in [2.75, 3.05) is 13.1 Å². The molecule has 0 spiro atoms. The Bertz CT molecular complexity index is 280. The van der Waals surface area contributed by atoms with Crippen molar-refractivity contribution in [3.63, 3.8) is 0 Å². The van der Waals surface area contributed by atoms with Crippen LogP contribution in [0.3, 0.4) is 0 Å². The third-order valence-corrected chi connectivity index (χ3v) is 3.73. The monoisotopic (exact) mass is 192 g/mol. The van der Waals surface area contributed by atoms with E-state index in [1.807, 2.05) is 4.90 Å². The number of carbonyl (C=O) groups is 1. The zero-order valence-electron chi connectivity index (χ0n) is 8.62. The summed E-state index contributed by atoms with van der Waals surface area (Å²) in [4.78, 5) is 13.0. The van der Waals surface area contributed by atoms with Crippen molar-refractivity contribution >= 4 is 5.91 Å². The minimum absolute atomic E-state index is 0.00286. The van der Waals surface area contributed by atoms with Crippen LogP contribution >= 0.6 is 0 Å². The van der Waals surface area contributed by atoms with Crippen LogP contribution in [-0.2, 0) is 4.79 Å². The maximum atomic E-state index is 11.1. The molecule has 2 fully saturated rings. The van der Waals surface area contributed by atoms with E-state index in [0.717, 1.165) is 38.8 Å². The molecule has 76 valence electrons. The molecule has 1 aliphatic heterocycles. The van der Waals surface area contributed by atoms with E-state index in [2.05, 4.69) is 6.07 Å². The topological polar surface area (TPSA) is 44.1 Å². The van der Waals surface area contributed by atoms with Crippen LogP contribution in [0.2, 0.25) is 0 Å². The Kier molecular flexibility index (Phi) is 2.22. The van der Waals surface area contributed by atoms with Crippen LogP contribution in [0.5, 0.6) is 0 Å². The Hall–Kier alpha value is -1.04. The fraction of sp³-hybridized carbons (Fsp3) is 0.818. The molecule has 0 aromatic heterocycles. The van der Waals surface area contributed by atoms with Crippen molar-refractivity contribution in [3.8, 4) is 6.07 Å². The van der Waals surface area contributed by atoms with E-state index in [4.69, 9.17) is 5.26 Å². The van der Waals surface area contributed by atoms with Gasteiger partial charge in [-0.2, -0.15) is 5.26 Å². The van der Waals surface area contributed by atoms with E-state index in [1.165, 1.54) is 0 Å². The van der Waals surface area contributed by atoms with E-state index in [-0.39, 0.29) is 11.3 Å². The minimum atomic E-state index is 0.00286. The normalized spacial score (nSPS) is 25.6. The third-order valence-electron chi connectivity index (χ3n) is 3.73. The number of rotatable bonds is 1. The van der Waals surface area contributed by atoms with Gasteiger partial charge in [0.2, 0.25) is 5.91 Å². The summed E-state index contributed by atoms with van der Waals surface area (Å²) in [5, 5.41) is 9.05. The molecule has 1 saturated heterocycles. The van der Waals surface area contributed by atoms with E-state index in [0.29, 0.717) is 5.92 Å². The lowest BCUT2D eigenvalue weighted by atomic mass is 9.82. The lowest BCUT2D eigenvalue weighted by Gasteiger charge is -2.33. The molecule has 3 heteroatoms. The molecule has 0 aromatic rings. The molecule has 0 aromatic carbocycles. The van der Waals surface area contributed by atoms with Crippen LogP contribution in [-0.4, -0.2) is 23.9 Å². The lowest BCUT2D eigenvalue weighted by molar-refractivity contribution is -0.130. The van der Waals surface area contributed by atoms with E-state index in [1.54, 1.807) is 6.92 Å². The van der Waals surface area contributed by atoms with Crippen LogP contribution in [0, 0.1) is 22.7 Å². The summed E-state index contributed by atoms with van der Waals surface area (Å²) < 4.78 is 0. The SMILES string of the molecule is CC(=O)N1CCC(C2(C#N)CC2)CC1. The molecular formula is C11H16N2O. The van der Waals surface area contributed by atoms with Gasteiger partial charge >= 0.3 is 0 Å².